The van der Waals surface area contributed by atoms with Gasteiger partial charge in [0.05, 0.1) is 0 Å². The van der Waals surface area contributed by atoms with Gasteiger partial charge in [0.25, 0.3) is 0 Å². The van der Waals surface area contributed by atoms with Crippen LogP contribution in [-0.4, -0.2) is 24.2 Å². The standard InChI is InChI=1S/C13H18FNO2/c1-10(9-13(17)15-7-2-8-16)11-3-5-12(14)6-4-11/h3-6,10,16H,2,7-9H2,1H3,(H,15,17). The summed E-state index contributed by atoms with van der Waals surface area (Å²) in [5.74, 6) is -0.256. The van der Waals surface area contributed by atoms with Crippen LogP contribution in [-0.2, 0) is 4.79 Å². The van der Waals surface area contributed by atoms with Gasteiger partial charge in [-0.15, -0.1) is 0 Å². The number of hydrogen-bond donors (Lipinski definition) is 2. The van der Waals surface area contributed by atoms with Crippen LogP contribution >= 0.6 is 0 Å². The molecule has 1 atom stereocenters. The average Bonchev–Trinajstić information content (AvgIpc) is 2.30. The SMILES string of the molecule is CC(CC(=O)NCCCO)c1ccc(F)cc1. The maximum Gasteiger partial charge on any atom is 0.220 e. The number of halogens is 1. The summed E-state index contributed by atoms with van der Waals surface area (Å²) >= 11 is 0. The molecule has 2 N–H and O–H groups in total. The summed E-state index contributed by atoms with van der Waals surface area (Å²) in [6.07, 6.45) is 0.938. The molecule has 0 spiro atoms. The first-order valence-electron chi connectivity index (χ1n) is 5.76. The van der Waals surface area contributed by atoms with Gasteiger partial charge in [0.15, 0.2) is 0 Å². The van der Waals surface area contributed by atoms with E-state index in [4.69, 9.17) is 5.11 Å². The first-order chi connectivity index (χ1) is 8.13. The van der Waals surface area contributed by atoms with Crippen LogP contribution in [0, 0.1) is 5.82 Å². The van der Waals surface area contributed by atoms with Crippen molar-refractivity contribution in [3.05, 3.63) is 35.6 Å². The van der Waals surface area contributed by atoms with Crippen molar-refractivity contribution in [2.24, 2.45) is 0 Å². The smallest absolute Gasteiger partial charge is 0.220 e. The fourth-order valence-corrected chi connectivity index (χ4v) is 1.57. The molecule has 0 saturated carbocycles. The predicted octanol–water partition coefficient (Wildman–Crippen LogP) is 1.82. The molecule has 0 heterocycles. The zero-order valence-corrected chi connectivity index (χ0v) is 9.95. The minimum absolute atomic E-state index is 0.0460. The van der Waals surface area contributed by atoms with E-state index in [0.29, 0.717) is 19.4 Å². The molecule has 4 heteroatoms. The lowest BCUT2D eigenvalue weighted by molar-refractivity contribution is -0.121. The van der Waals surface area contributed by atoms with Crippen molar-refractivity contribution in [1.29, 1.82) is 0 Å². The van der Waals surface area contributed by atoms with Crippen LogP contribution in [0.3, 0.4) is 0 Å². The number of aliphatic hydroxyl groups is 1. The summed E-state index contributed by atoms with van der Waals surface area (Å²) < 4.78 is 12.7. The largest absolute Gasteiger partial charge is 0.396 e. The highest BCUT2D eigenvalue weighted by Crippen LogP contribution is 2.18. The fourth-order valence-electron chi connectivity index (χ4n) is 1.57. The van der Waals surface area contributed by atoms with E-state index in [9.17, 15) is 9.18 Å². The van der Waals surface area contributed by atoms with Crippen molar-refractivity contribution < 1.29 is 14.3 Å². The van der Waals surface area contributed by atoms with Gasteiger partial charge in [0.2, 0.25) is 5.91 Å². The van der Waals surface area contributed by atoms with E-state index in [1.807, 2.05) is 6.92 Å². The second kappa shape index (κ2) is 7.01. The molecule has 94 valence electrons. The molecule has 1 aromatic carbocycles. The molecule has 0 aromatic heterocycles. The van der Waals surface area contributed by atoms with Crippen LogP contribution in [0.4, 0.5) is 4.39 Å². The number of aliphatic hydroxyl groups excluding tert-OH is 1. The third-order valence-corrected chi connectivity index (χ3v) is 2.59. The molecule has 3 nitrogen and oxygen atoms in total. The molecule has 0 saturated heterocycles. The van der Waals surface area contributed by atoms with Crippen LogP contribution in [0.1, 0.15) is 31.2 Å². The molecular formula is C13H18FNO2. The summed E-state index contributed by atoms with van der Waals surface area (Å²) in [5, 5.41) is 11.3. The Kier molecular flexibility index (Phi) is 5.63. The molecule has 1 rings (SSSR count). The summed E-state index contributed by atoms with van der Waals surface area (Å²) in [7, 11) is 0. The fraction of sp³-hybridized carbons (Fsp3) is 0.462. The van der Waals surface area contributed by atoms with Gasteiger partial charge in [-0.1, -0.05) is 19.1 Å². The van der Waals surface area contributed by atoms with Gasteiger partial charge in [-0.3, -0.25) is 4.79 Å². The van der Waals surface area contributed by atoms with Crippen molar-refractivity contribution in [2.45, 2.75) is 25.7 Å². The number of carbonyl (C=O) groups excluding carboxylic acids is 1. The molecule has 0 radical (unpaired) electrons. The van der Waals surface area contributed by atoms with E-state index >= 15 is 0 Å². The summed E-state index contributed by atoms with van der Waals surface area (Å²) in [6.45, 7) is 2.50. The van der Waals surface area contributed by atoms with Gasteiger partial charge in [0, 0.05) is 19.6 Å². The molecule has 0 aliphatic carbocycles. The normalized spacial score (nSPS) is 12.2. The monoisotopic (exact) mass is 239 g/mol. The molecule has 1 amide bonds. The molecule has 1 unspecified atom stereocenters. The second-order valence-corrected chi connectivity index (χ2v) is 4.08. The van der Waals surface area contributed by atoms with Crippen molar-refractivity contribution in [2.75, 3.05) is 13.2 Å². The molecule has 0 aliphatic rings. The Morgan fingerprint density at radius 3 is 2.65 bits per heavy atom. The number of rotatable bonds is 6. The van der Waals surface area contributed by atoms with E-state index in [2.05, 4.69) is 5.32 Å². The lowest BCUT2D eigenvalue weighted by Gasteiger charge is -2.11. The highest BCUT2D eigenvalue weighted by atomic mass is 19.1. The van der Waals surface area contributed by atoms with Crippen LogP contribution in [0.2, 0.25) is 0 Å². The van der Waals surface area contributed by atoms with Gasteiger partial charge in [0.1, 0.15) is 5.82 Å². The lowest BCUT2D eigenvalue weighted by Crippen LogP contribution is -2.26. The summed E-state index contributed by atoms with van der Waals surface area (Å²) in [5.41, 5.74) is 0.948. The van der Waals surface area contributed by atoms with E-state index in [1.165, 1.54) is 12.1 Å². The first-order valence-corrected chi connectivity index (χ1v) is 5.76. The van der Waals surface area contributed by atoms with Crippen molar-refractivity contribution >= 4 is 5.91 Å². The van der Waals surface area contributed by atoms with Crippen LogP contribution < -0.4 is 5.32 Å². The molecule has 17 heavy (non-hydrogen) atoms. The van der Waals surface area contributed by atoms with E-state index in [1.54, 1.807) is 12.1 Å². The predicted molar refractivity (Wildman–Crippen MR) is 64.1 cm³/mol. The quantitative estimate of drug-likeness (QED) is 0.744. The van der Waals surface area contributed by atoms with Gasteiger partial charge in [-0.2, -0.15) is 0 Å². The lowest BCUT2D eigenvalue weighted by atomic mass is 9.97. The number of nitrogens with one attached hydrogen (secondary N) is 1. The maximum absolute atomic E-state index is 12.7. The van der Waals surface area contributed by atoms with E-state index in [-0.39, 0.29) is 24.2 Å². The van der Waals surface area contributed by atoms with E-state index in [0.717, 1.165) is 5.56 Å². The van der Waals surface area contributed by atoms with Crippen molar-refractivity contribution in [3.63, 3.8) is 0 Å². The Morgan fingerprint density at radius 2 is 2.06 bits per heavy atom. The topological polar surface area (TPSA) is 49.3 Å². The number of carbonyl (C=O) groups is 1. The van der Waals surface area contributed by atoms with E-state index < -0.39 is 0 Å². The number of benzene rings is 1. The van der Waals surface area contributed by atoms with Gasteiger partial charge >= 0.3 is 0 Å². The van der Waals surface area contributed by atoms with Gasteiger partial charge in [-0.05, 0) is 30.0 Å². The molecule has 0 aliphatic heterocycles. The zero-order chi connectivity index (χ0) is 12.7. The number of hydrogen-bond acceptors (Lipinski definition) is 2. The highest BCUT2D eigenvalue weighted by molar-refractivity contribution is 5.76. The molecule has 1 aromatic rings. The maximum atomic E-state index is 12.7. The zero-order valence-electron chi connectivity index (χ0n) is 9.95. The first kappa shape index (κ1) is 13.6. The Morgan fingerprint density at radius 1 is 1.41 bits per heavy atom. The summed E-state index contributed by atoms with van der Waals surface area (Å²) in [6, 6.07) is 6.19. The third kappa shape index (κ3) is 4.95. The van der Waals surface area contributed by atoms with Crippen molar-refractivity contribution in [1.82, 2.24) is 5.32 Å². The van der Waals surface area contributed by atoms with Crippen LogP contribution in [0.5, 0.6) is 0 Å². The number of amides is 1. The minimum Gasteiger partial charge on any atom is -0.396 e. The minimum atomic E-state index is -0.270. The highest BCUT2D eigenvalue weighted by Gasteiger charge is 2.10. The Labute approximate surface area is 101 Å². The Balaban J connectivity index is 2.40. The molecular weight excluding hydrogens is 221 g/mol. The average molecular weight is 239 g/mol. The summed E-state index contributed by atoms with van der Waals surface area (Å²) in [4.78, 5) is 11.5. The molecule has 0 bridgehead atoms. The van der Waals surface area contributed by atoms with Crippen LogP contribution in [0.25, 0.3) is 0 Å². The van der Waals surface area contributed by atoms with Gasteiger partial charge in [-0.25, -0.2) is 4.39 Å². The third-order valence-electron chi connectivity index (χ3n) is 2.59. The van der Waals surface area contributed by atoms with Gasteiger partial charge < -0.3 is 10.4 Å². The second-order valence-electron chi connectivity index (χ2n) is 4.08. The van der Waals surface area contributed by atoms with Crippen molar-refractivity contribution in [3.8, 4) is 0 Å². The van der Waals surface area contributed by atoms with Crippen LogP contribution in [0.15, 0.2) is 24.3 Å². The Hall–Kier alpha value is -1.42. The molecule has 0 fully saturated rings. The Bertz CT molecular complexity index is 351.